The first kappa shape index (κ1) is 17.2. The second-order valence-electron chi connectivity index (χ2n) is 5.83. The largest absolute Gasteiger partial charge is 0.444 e. The molecule has 0 aliphatic carbocycles. The molecule has 1 atom stereocenters. The lowest BCUT2D eigenvalue weighted by atomic mass is 9.97. The molecule has 1 unspecified atom stereocenters. The molecule has 1 amide bonds. The highest BCUT2D eigenvalue weighted by Crippen LogP contribution is 2.16. The highest BCUT2D eigenvalue weighted by Gasteiger charge is 2.19. The molecular formula is C14H29NO3. The third-order valence-corrected chi connectivity index (χ3v) is 2.93. The highest BCUT2D eigenvalue weighted by atomic mass is 16.6. The van der Waals surface area contributed by atoms with Crippen molar-refractivity contribution in [2.24, 2.45) is 5.92 Å². The van der Waals surface area contributed by atoms with Gasteiger partial charge in [0.25, 0.3) is 0 Å². The molecule has 108 valence electrons. The van der Waals surface area contributed by atoms with E-state index in [-0.39, 0.29) is 12.7 Å². The zero-order valence-corrected chi connectivity index (χ0v) is 12.5. The summed E-state index contributed by atoms with van der Waals surface area (Å²) in [7, 11) is 1.77. The number of aliphatic hydroxyl groups excluding tert-OH is 1. The van der Waals surface area contributed by atoms with Crippen LogP contribution >= 0.6 is 0 Å². The molecule has 0 aromatic carbocycles. The second-order valence-corrected chi connectivity index (χ2v) is 5.83. The Morgan fingerprint density at radius 2 is 1.94 bits per heavy atom. The van der Waals surface area contributed by atoms with E-state index in [0.717, 1.165) is 25.7 Å². The number of nitrogens with zero attached hydrogens (tertiary/aromatic N) is 1. The fourth-order valence-corrected chi connectivity index (χ4v) is 1.74. The van der Waals surface area contributed by atoms with E-state index in [1.54, 1.807) is 11.9 Å². The lowest BCUT2D eigenvalue weighted by Crippen LogP contribution is -2.35. The topological polar surface area (TPSA) is 49.8 Å². The van der Waals surface area contributed by atoms with Crippen LogP contribution < -0.4 is 0 Å². The Morgan fingerprint density at radius 3 is 2.39 bits per heavy atom. The molecule has 1 N–H and O–H groups in total. The van der Waals surface area contributed by atoms with Gasteiger partial charge in [-0.05, 0) is 46.0 Å². The summed E-state index contributed by atoms with van der Waals surface area (Å²) in [6.45, 7) is 8.71. The van der Waals surface area contributed by atoms with E-state index in [0.29, 0.717) is 12.5 Å². The van der Waals surface area contributed by atoms with E-state index < -0.39 is 5.60 Å². The highest BCUT2D eigenvalue weighted by molar-refractivity contribution is 5.67. The number of aliphatic hydroxyl groups is 1. The van der Waals surface area contributed by atoms with Crippen LogP contribution in [0.25, 0.3) is 0 Å². The predicted octanol–water partition coefficient (Wildman–Crippen LogP) is 3.04. The van der Waals surface area contributed by atoms with Gasteiger partial charge < -0.3 is 14.7 Å². The van der Waals surface area contributed by atoms with E-state index in [2.05, 4.69) is 6.92 Å². The first-order valence-corrected chi connectivity index (χ1v) is 6.85. The number of hydrogen-bond donors (Lipinski definition) is 1. The molecule has 0 aliphatic rings. The molecule has 4 nitrogen and oxygen atoms in total. The fourth-order valence-electron chi connectivity index (χ4n) is 1.74. The van der Waals surface area contributed by atoms with Crippen LogP contribution in [0, 0.1) is 5.92 Å². The van der Waals surface area contributed by atoms with Gasteiger partial charge in [0.2, 0.25) is 0 Å². The molecule has 0 fully saturated rings. The molecule has 0 saturated heterocycles. The monoisotopic (exact) mass is 259 g/mol. The maximum atomic E-state index is 11.7. The lowest BCUT2D eigenvalue weighted by molar-refractivity contribution is 0.0289. The van der Waals surface area contributed by atoms with Gasteiger partial charge in [0.15, 0.2) is 0 Å². The van der Waals surface area contributed by atoms with Crippen molar-refractivity contribution in [3.8, 4) is 0 Å². The molecule has 0 bridgehead atoms. The smallest absolute Gasteiger partial charge is 0.410 e. The lowest BCUT2D eigenvalue weighted by Gasteiger charge is -2.25. The summed E-state index contributed by atoms with van der Waals surface area (Å²) >= 11 is 0. The van der Waals surface area contributed by atoms with Crippen molar-refractivity contribution in [1.82, 2.24) is 4.90 Å². The standard InChI is InChI=1S/C14H29NO3/c1-6-12(8-7-11-16)9-10-15(5)13(17)18-14(2,3)4/h12,16H,6-11H2,1-5H3. The molecule has 0 aromatic rings. The van der Waals surface area contributed by atoms with Crippen LogP contribution in [0.5, 0.6) is 0 Å². The minimum Gasteiger partial charge on any atom is -0.444 e. The van der Waals surface area contributed by atoms with Crippen LogP contribution in [0.1, 0.15) is 53.4 Å². The van der Waals surface area contributed by atoms with Gasteiger partial charge in [-0.15, -0.1) is 0 Å². The summed E-state index contributed by atoms with van der Waals surface area (Å²) in [5, 5.41) is 8.82. The number of carbonyl (C=O) groups is 1. The molecule has 4 heteroatoms. The Morgan fingerprint density at radius 1 is 1.33 bits per heavy atom. The quantitative estimate of drug-likeness (QED) is 0.764. The van der Waals surface area contributed by atoms with Crippen LogP contribution in [0.2, 0.25) is 0 Å². The van der Waals surface area contributed by atoms with E-state index in [4.69, 9.17) is 9.84 Å². The van der Waals surface area contributed by atoms with Gasteiger partial charge in [-0.2, -0.15) is 0 Å². The molecule has 0 aliphatic heterocycles. The zero-order chi connectivity index (χ0) is 14.2. The van der Waals surface area contributed by atoms with Crippen LogP contribution in [0.3, 0.4) is 0 Å². The minimum atomic E-state index is -0.438. The molecular weight excluding hydrogens is 230 g/mol. The van der Waals surface area contributed by atoms with E-state index >= 15 is 0 Å². The van der Waals surface area contributed by atoms with Gasteiger partial charge in [-0.25, -0.2) is 4.79 Å². The van der Waals surface area contributed by atoms with Crippen molar-refractivity contribution in [3.05, 3.63) is 0 Å². The Balaban J connectivity index is 3.99. The number of carbonyl (C=O) groups excluding carboxylic acids is 1. The van der Waals surface area contributed by atoms with Crippen molar-refractivity contribution in [1.29, 1.82) is 0 Å². The van der Waals surface area contributed by atoms with Crippen LogP contribution in [-0.2, 0) is 4.74 Å². The SMILES string of the molecule is CCC(CCCO)CCN(C)C(=O)OC(C)(C)C. The van der Waals surface area contributed by atoms with Crippen molar-refractivity contribution in [3.63, 3.8) is 0 Å². The Kier molecular flexibility index (Phi) is 8.00. The van der Waals surface area contributed by atoms with Crippen molar-refractivity contribution >= 4 is 6.09 Å². The van der Waals surface area contributed by atoms with Gasteiger partial charge >= 0.3 is 6.09 Å². The summed E-state index contributed by atoms with van der Waals surface area (Å²) in [4.78, 5) is 13.4. The first-order chi connectivity index (χ1) is 8.30. The number of amides is 1. The maximum Gasteiger partial charge on any atom is 0.410 e. The number of rotatable bonds is 7. The second kappa shape index (κ2) is 8.35. The van der Waals surface area contributed by atoms with Gasteiger partial charge in [0.05, 0.1) is 0 Å². The first-order valence-electron chi connectivity index (χ1n) is 6.85. The van der Waals surface area contributed by atoms with Gasteiger partial charge in [-0.3, -0.25) is 0 Å². The number of ether oxygens (including phenoxy) is 1. The van der Waals surface area contributed by atoms with Crippen LogP contribution in [0.15, 0.2) is 0 Å². The fraction of sp³-hybridized carbons (Fsp3) is 0.929. The molecule has 0 saturated carbocycles. The molecule has 0 spiro atoms. The summed E-state index contributed by atoms with van der Waals surface area (Å²) in [5.41, 5.74) is -0.438. The van der Waals surface area contributed by atoms with Gasteiger partial charge in [0.1, 0.15) is 5.60 Å². The minimum absolute atomic E-state index is 0.248. The zero-order valence-electron chi connectivity index (χ0n) is 12.5. The summed E-state index contributed by atoms with van der Waals surface area (Å²) in [6.07, 6.45) is 3.65. The average Bonchev–Trinajstić information content (AvgIpc) is 2.26. The Hall–Kier alpha value is -0.770. The molecule has 0 aromatic heterocycles. The van der Waals surface area contributed by atoms with Crippen molar-refractivity contribution in [2.45, 2.75) is 59.0 Å². The van der Waals surface area contributed by atoms with Gasteiger partial charge in [-0.1, -0.05) is 13.3 Å². The van der Waals surface area contributed by atoms with Crippen LogP contribution in [0.4, 0.5) is 4.79 Å². The van der Waals surface area contributed by atoms with Crippen molar-refractivity contribution in [2.75, 3.05) is 20.2 Å². The third kappa shape index (κ3) is 8.34. The Labute approximate surface area is 111 Å². The van der Waals surface area contributed by atoms with Crippen molar-refractivity contribution < 1.29 is 14.6 Å². The Bertz CT molecular complexity index is 236. The predicted molar refractivity (Wildman–Crippen MR) is 73.6 cm³/mol. The molecule has 0 heterocycles. The molecule has 18 heavy (non-hydrogen) atoms. The summed E-state index contributed by atoms with van der Waals surface area (Å²) in [5.74, 6) is 0.571. The van der Waals surface area contributed by atoms with Gasteiger partial charge in [0, 0.05) is 20.2 Å². The van der Waals surface area contributed by atoms with E-state index in [1.807, 2.05) is 20.8 Å². The summed E-state index contributed by atoms with van der Waals surface area (Å²) < 4.78 is 5.29. The molecule has 0 radical (unpaired) electrons. The number of hydrogen-bond acceptors (Lipinski definition) is 3. The summed E-state index contributed by atoms with van der Waals surface area (Å²) in [6, 6.07) is 0. The normalized spacial score (nSPS) is 13.2. The van der Waals surface area contributed by atoms with Crippen LogP contribution in [-0.4, -0.2) is 41.9 Å². The van der Waals surface area contributed by atoms with E-state index in [1.165, 1.54) is 0 Å². The molecule has 0 rings (SSSR count). The third-order valence-electron chi connectivity index (χ3n) is 2.93. The maximum absolute atomic E-state index is 11.7. The average molecular weight is 259 g/mol. The van der Waals surface area contributed by atoms with E-state index in [9.17, 15) is 4.79 Å².